The molecule has 6 aromatic rings. The van der Waals surface area contributed by atoms with Gasteiger partial charge < -0.3 is 20.1 Å². The van der Waals surface area contributed by atoms with E-state index in [1.54, 1.807) is 0 Å². The minimum atomic E-state index is -0.161. The maximum Gasteiger partial charge on any atom is 0.226 e. The van der Waals surface area contributed by atoms with Crippen LogP contribution in [-0.2, 0) is 4.79 Å². The van der Waals surface area contributed by atoms with E-state index in [1.807, 2.05) is 54.7 Å². The van der Waals surface area contributed by atoms with Gasteiger partial charge in [0.05, 0.1) is 23.5 Å². The van der Waals surface area contributed by atoms with E-state index in [-0.39, 0.29) is 18.0 Å². The Morgan fingerprint density at radius 1 is 0.864 bits per heavy atom. The molecule has 2 atom stereocenters. The van der Waals surface area contributed by atoms with E-state index < -0.39 is 0 Å². The Labute approximate surface area is 262 Å². The fraction of sp³-hybridized carbons (Fsp3) is 0.162. The monoisotopic (exact) mass is 595 g/mol. The third kappa shape index (κ3) is 4.99. The van der Waals surface area contributed by atoms with Crippen molar-refractivity contribution < 1.29 is 4.79 Å². The number of pyridine rings is 1. The predicted octanol–water partition coefficient (Wildman–Crippen LogP) is 7.80. The highest BCUT2D eigenvalue weighted by Crippen LogP contribution is 2.42. The summed E-state index contributed by atoms with van der Waals surface area (Å²) in [6, 6.07) is 36.9. The van der Waals surface area contributed by atoms with Gasteiger partial charge in [0.1, 0.15) is 0 Å². The molecule has 4 aromatic carbocycles. The first-order valence-corrected chi connectivity index (χ1v) is 15.3. The molecule has 218 valence electrons. The maximum atomic E-state index is 13.3. The second-order valence-electron chi connectivity index (χ2n) is 11.3. The normalized spacial score (nSPS) is 16.4. The molecule has 2 aromatic heterocycles. The fourth-order valence-electron chi connectivity index (χ4n) is 6.61. The number of anilines is 1. The van der Waals surface area contributed by atoms with Gasteiger partial charge >= 0.3 is 0 Å². The Balaban J connectivity index is 1.23. The van der Waals surface area contributed by atoms with Crippen molar-refractivity contribution in [2.24, 2.45) is 0 Å². The van der Waals surface area contributed by atoms with Crippen molar-refractivity contribution in [3.05, 3.63) is 138 Å². The zero-order chi connectivity index (χ0) is 30.2. The molecule has 2 N–H and O–H groups in total. The van der Waals surface area contributed by atoms with Gasteiger partial charge in [-0.3, -0.25) is 9.78 Å². The molecular formula is C37H33N5OS. The summed E-state index contributed by atoms with van der Waals surface area (Å²) in [5.74, 6) is -0.0505. The van der Waals surface area contributed by atoms with Crippen LogP contribution in [0.4, 0.5) is 5.69 Å². The molecule has 0 unspecified atom stereocenters. The van der Waals surface area contributed by atoms with Crippen LogP contribution in [0.5, 0.6) is 0 Å². The van der Waals surface area contributed by atoms with E-state index in [0.717, 1.165) is 44.8 Å². The number of benzene rings is 4. The van der Waals surface area contributed by atoms with Crippen molar-refractivity contribution in [3.63, 3.8) is 0 Å². The van der Waals surface area contributed by atoms with Crippen LogP contribution in [0.25, 0.3) is 27.2 Å². The molecule has 0 spiro atoms. The van der Waals surface area contributed by atoms with E-state index in [0.29, 0.717) is 18.1 Å². The lowest BCUT2D eigenvalue weighted by molar-refractivity contribution is -0.116. The molecule has 1 aliphatic rings. The van der Waals surface area contributed by atoms with Crippen molar-refractivity contribution in [3.8, 4) is 5.69 Å². The van der Waals surface area contributed by atoms with Crippen molar-refractivity contribution in [1.29, 1.82) is 0 Å². The molecule has 1 aliphatic heterocycles. The van der Waals surface area contributed by atoms with Gasteiger partial charge in [0.2, 0.25) is 5.91 Å². The van der Waals surface area contributed by atoms with E-state index in [1.165, 1.54) is 10.8 Å². The smallest absolute Gasteiger partial charge is 0.226 e. The number of fused-ring (bicyclic) bond motifs is 2. The zero-order valence-electron chi connectivity index (χ0n) is 24.7. The summed E-state index contributed by atoms with van der Waals surface area (Å²) >= 11 is 5.93. The van der Waals surface area contributed by atoms with Crippen molar-refractivity contribution in [2.45, 2.75) is 32.4 Å². The van der Waals surface area contributed by atoms with Gasteiger partial charge in [0, 0.05) is 47.0 Å². The number of carbonyl (C=O) groups is 1. The fourth-order valence-corrected chi connectivity index (χ4v) is 6.95. The molecule has 44 heavy (non-hydrogen) atoms. The third-order valence-corrected chi connectivity index (χ3v) is 8.99. The lowest BCUT2D eigenvalue weighted by atomic mass is 9.96. The van der Waals surface area contributed by atoms with Crippen molar-refractivity contribution >= 4 is 50.5 Å². The van der Waals surface area contributed by atoms with Gasteiger partial charge in [-0.15, -0.1) is 0 Å². The molecule has 7 heteroatoms. The topological polar surface area (TPSA) is 62.2 Å². The number of nitrogens with one attached hydrogen (secondary N) is 2. The number of thiocarbonyl (C=S) groups is 1. The Bertz CT molecular complexity index is 2010. The maximum absolute atomic E-state index is 13.3. The zero-order valence-corrected chi connectivity index (χ0v) is 25.5. The molecule has 3 heterocycles. The highest BCUT2D eigenvalue weighted by atomic mass is 32.1. The number of hydrogen-bond donors (Lipinski definition) is 2. The Morgan fingerprint density at radius 3 is 2.32 bits per heavy atom. The highest BCUT2D eigenvalue weighted by Gasteiger charge is 2.41. The first kappa shape index (κ1) is 27.8. The largest absolute Gasteiger partial charge is 0.352 e. The SMILES string of the molecule is Cc1cc([C@@H]2[C@H](c3ccccn3)NC(=S)N2CCC(=O)Nc2cccc3ccccc23)c(C)n1-c1cccc2ccccc12. The van der Waals surface area contributed by atoms with Crippen LogP contribution in [0.1, 0.15) is 41.1 Å². The van der Waals surface area contributed by atoms with Crippen LogP contribution in [0.3, 0.4) is 0 Å². The minimum absolute atomic E-state index is 0.0505. The van der Waals surface area contributed by atoms with E-state index >= 15 is 0 Å². The number of amides is 1. The van der Waals surface area contributed by atoms with E-state index in [4.69, 9.17) is 17.2 Å². The summed E-state index contributed by atoms with van der Waals surface area (Å²) < 4.78 is 2.33. The number of aromatic nitrogens is 2. The molecule has 0 bridgehead atoms. The molecule has 7 rings (SSSR count). The van der Waals surface area contributed by atoms with Crippen LogP contribution < -0.4 is 10.6 Å². The average Bonchev–Trinajstić information content (AvgIpc) is 3.54. The van der Waals surface area contributed by atoms with Crippen molar-refractivity contribution in [1.82, 2.24) is 19.8 Å². The van der Waals surface area contributed by atoms with Gasteiger partial charge in [-0.2, -0.15) is 0 Å². The number of rotatable bonds is 7. The van der Waals surface area contributed by atoms with Crippen LogP contribution in [0.2, 0.25) is 0 Å². The summed E-state index contributed by atoms with van der Waals surface area (Å²) in [5.41, 5.74) is 6.32. The average molecular weight is 596 g/mol. The highest BCUT2D eigenvalue weighted by molar-refractivity contribution is 7.80. The first-order chi connectivity index (χ1) is 21.5. The molecule has 0 aliphatic carbocycles. The standard InChI is InChI=1S/C37H33N5OS/c1-24-23-30(25(2)42(24)33-19-10-14-27-12-4-6-16-29(27)33)36-35(32-17-7-8-21-38-32)40-37(44)41(36)22-20-34(43)39-31-18-9-13-26-11-3-5-15-28(26)31/h3-19,21,23,35-36H,20,22H2,1-2H3,(H,39,43)(H,40,44)/t35-,36+/m0/s1. The van der Waals surface area contributed by atoms with Crippen LogP contribution >= 0.6 is 12.2 Å². The lowest BCUT2D eigenvalue weighted by Crippen LogP contribution is -2.33. The van der Waals surface area contributed by atoms with Gasteiger partial charge in [0.15, 0.2) is 5.11 Å². The number of hydrogen-bond acceptors (Lipinski definition) is 3. The summed E-state index contributed by atoms with van der Waals surface area (Å²) in [6.45, 7) is 4.79. The van der Waals surface area contributed by atoms with E-state index in [9.17, 15) is 4.79 Å². The van der Waals surface area contributed by atoms with Crippen molar-refractivity contribution in [2.75, 3.05) is 11.9 Å². The summed E-state index contributed by atoms with van der Waals surface area (Å²) in [5, 5.41) is 11.8. The second kappa shape index (κ2) is 11.6. The second-order valence-corrected chi connectivity index (χ2v) is 11.7. The predicted molar refractivity (Wildman–Crippen MR) is 182 cm³/mol. The number of aryl methyl sites for hydroxylation is 1. The van der Waals surface area contributed by atoms with Crippen LogP contribution in [0.15, 0.2) is 115 Å². The summed E-state index contributed by atoms with van der Waals surface area (Å²) in [4.78, 5) is 20.2. The molecule has 0 saturated carbocycles. The molecule has 6 nitrogen and oxygen atoms in total. The van der Waals surface area contributed by atoms with Crippen LogP contribution in [0, 0.1) is 13.8 Å². The van der Waals surface area contributed by atoms with Crippen LogP contribution in [-0.4, -0.2) is 32.0 Å². The van der Waals surface area contributed by atoms with Gasteiger partial charge in [-0.05, 0) is 72.7 Å². The van der Waals surface area contributed by atoms with Gasteiger partial charge in [-0.1, -0.05) is 78.9 Å². The Kier molecular flexibility index (Phi) is 7.32. The molecule has 0 radical (unpaired) electrons. The summed E-state index contributed by atoms with van der Waals surface area (Å²) in [6.07, 6.45) is 2.11. The Hall–Kier alpha value is -5.01. The molecule has 1 saturated heterocycles. The van der Waals surface area contributed by atoms with E-state index in [2.05, 4.69) is 94.6 Å². The lowest BCUT2D eigenvalue weighted by Gasteiger charge is -2.28. The van der Waals surface area contributed by atoms with Gasteiger partial charge in [-0.25, -0.2) is 0 Å². The minimum Gasteiger partial charge on any atom is -0.352 e. The quantitative estimate of drug-likeness (QED) is 0.185. The van der Waals surface area contributed by atoms with Gasteiger partial charge in [0.25, 0.3) is 0 Å². The third-order valence-electron chi connectivity index (χ3n) is 8.64. The molecule has 1 amide bonds. The first-order valence-electron chi connectivity index (χ1n) is 14.9. The molecule has 1 fully saturated rings. The summed E-state index contributed by atoms with van der Waals surface area (Å²) in [7, 11) is 0. The molecular weight excluding hydrogens is 563 g/mol. The number of carbonyl (C=O) groups excluding carboxylic acids is 1. The Morgan fingerprint density at radius 2 is 1.55 bits per heavy atom. The number of nitrogens with zero attached hydrogens (tertiary/aromatic N) is 3.